The first-order valence-electron chi connectivity index (χ1n) is 7.47. The minimum Gasteiger partial charge on any atom is -0.385 e. The predicted molar refractivity (Wildman–Crippen MR) is 86.5 cm³/mol. The third-order valence-corrected chi connectivity index (χ3v) is 3.53. The van der Waals surface area contributed by atoms with E-state index >= 15 is 0 Å². The molecule has 6 nitrogen and oxygen atoms in total. The first kappa shape index (κ1) is 16.8. The minimum atomic E-state index is -0.851. The molecule has 23 heavy (non-hydrogen) atoms. The van der Waals surface area contributed by atoms with Crippen LogP contribution in [0.3, 0.4) is 0 Å². The summed E-state index contributed by atoms with van der Waals surface area (Å²) in [6, 6.07) is 13.3. The SMILES string of the molecule is Cn1cccc1C(O)CNC(=O)C(=O)NCCc1ccccc1. The fraction of sp³-hybridized carbons (Fsp3) is 0.294. The van der Waals surface area contributed by atoms with Crippen molar-refractivity contribution in [3.63, 3.8) is 0 Å². The Morgan fingerprint density at radius 1 is 1.09 bits per heavy atom. The van der Waals surface area contributed by atoms with Crippen molar-refractivity contribution in [2.45, 2.75) is 12.5 Å². The molecule has 0 saturated heterocycles. The molecule has 1 atom stereocenters. The van der Waals surface area contributed by atoms with Crippen LogP contribution in [-0.4, -0.2) is 34.6 Å². The molecule has 122 valence electrons. The Hall–Kier alpha value is -2.60. The van der Waals surface area contributed by atoms with E-state index in [1.54, 1.807) is 29.9 Å². The summed E-state index contributed by atoms with van der Waals surface area (Å²) in [4.78, 5) is 23.4. The van der Waals surface area contributed by atoms with E-state index in [4.69, 9.17) is 0 Å². The lowest BCUT2D eigenvalue weighted by molar-refractivity contribution is -0.139. The number of carbonyl (C=O) groups is 2. The molecule has 2 aromatic rings. The first-order chi connectivity index (χ1) is 11.1. The van der Waals surface area contributed by atoms with Crippen LogP contribution in [0.1, 0.15) is 17.4 Å². The Labute approximate surface area is 135 Å². The van der Waals surface area contributed by atoms with Gasteiger partial charge in [0.15, 0.2) is 0 Å². The number of aryl methyl sites for hydroxylation is 1. The number of aliphatic hydroxyl groups excluding tert-OH is 1. The third kappa shape index (κ3) is 4.96. The second kappa shape index (κ2) is 8.14. The average molecular weight is 315 g/mol. The van der Waals surface area contributed by atoms with Gasteiger partial charge >= 0.3 is 11.8 Å². The predicted octanol–water partition coefficient (Wildman–Crippen LogP) is 0.534. The van der Waals surface area contributed by atoms with Crippen molar-refractivity contribution in [3.05, 3.63) is 59.9 Å². The Bertz CT molecular complexity index is 652. The summed E-state index contributed by atoms with van der Waals surface area (Å²) in [5.74, 6) is -1.44. The van der Waals surface area contributed by atoms with Crippen molar-refractivity contribution in [2.75, 3.05) is 13.1 Å². The monoisotopic (exact) mass is 315 g/mol. The highest BCUT2D eigenvalue weighted by molar-refractivity contribution is 6.35. The Kier molecular flexibility index (Phi) is 5.94. The highest BCUT2D eigenvalue weighted by atomic mass is 16.3. The molecule has 1 aromatic carbocycles. The van der Waals surface area contributed by atoms with E-state index in [2.05, 4.69) is 10.6 Å². The Balaban J connectivity index is 1.70. The van der Waals surface area contributed by atoms with Crippen LogP contribution in [0.15, 0.2) is 48.7 Å². The van der Waals surface area contributed by atoms with E-state index in [0.29, 0.717) is 18.7 Å². The average Bonchev–Trinajstić information content (AvgIpc) is 2.99. The fourth-order valence-corrected chi connectivity index (χ4v) is 2.24. The van der Waals surface area contributed by atoms with Crippen LogP contribution in [0.4, 0.5) is 0 Å². The molecule has 0 aliphatic rings. The number of hydrogen-bond acceptors (Lipinski definition) is 3. The van der Waals surface area contributed by atoms with Crippen LogP contribution in [0.2, 0.25) is 0 Å². The third-order valence-electron chi connectivity index (χ3n) is 3.53. The lowest BCUT2D eigenvalue weighted by Gasteiger charge is -2.13. The molecule has 3 N–H and O–H groups in total. The fourth-order valence-electron chi connectivity index (χ4n) is 2.24. The molecule has 0 fully saturated rings. The van der Waals surface area contributed by atoms with Gasteiger partial charge in [-0.25, -0.2) is 0 Å². The van der Waals surface area contributed by atoms with Crippen LogP contribution < -0.4 is 10.6 Å². The van der Waals surface area contributed by atoms with Crippen LogP contribution in [-0.2, 0) is 23.1 Å². The molecule has 0 spiro atoms. The molecule has 2 amide bonds. The van der Waals surface area contributed by atoms with E-state index in [1.807, 2.05) is 30.3 Å². The van der Waals surface area contributed by atoms with Crippen molar-refractivity contribution < 1.29 is 14.7 Å². The van der Waals surface area contributed by atoms with Gasteiger partial charge in [0, 0.05) is 32.0 Å². The number of rotatable bonds is 6. The number of aliphatic hydroxyl groups is 1. The zero-order chi connectivity index (χ0) is 16.7. The molecule has 2 rings (SSSR count). The number of benzene rings is 1. The van der Waals surface area contributed by atoms with Gasteiger partial charge in [-0.15, -0.1) is 0 Å². The topological polar surface area (TPSA) is 83.4 Å². The van der Waals surface area contributed by atoms with E-state index in [-0.39, 0.29) is 6.54 Å². The van der Waals surface area contributed by atoms with E-state index in [9.17, 15) is 14.7 Å². The number of hydrogen-bond donors (Lipinski definition) is 3. The molecular formula is C17H21N3O3. The molecule has 0 radical (unpaired) electrons. The van der Waals surface area contributed by atoms with Crippen LogP contribution in [0.5, 0.6) is 0 Å². The van der Waals surface area contributed by atoms with E-state index in [0.717, 1.165) is 5.56 Å². The van der Waals surface area contributed by atoms with Crippen LogP contribution in [0, 0.1) is 0 Å². The van der Waals surface area contributed by atoms with Gasteiger partial charge in [-0.1, -0.05) is 30.3 Å². The van der Waals surface area contributed by atoms with Gasteiger partial charge < -0.3 is 20.3 Å². The second-order valence-electron chi connectivity index (χ2n) is 5.26. The second-order valence-corrected chi connectivity index (χ2v) is 5.26. The summed E-state index contributed by atoms with van der Waals surface area (Å²) >= 11 is 0. The maximum atomic E-state index is 11.7. The number of amides is 2. The normalized spacial score (nSPS) is 11.7. The number of aromatic nitrogens is 1. The lowest BCUT2D eigenvalue weighted by Crippen LogP contribution is -2.42. The summed E-state index contributed by atoms with van der Waals surface area (Å²) < 4.78 is 1.76. The zero-order valence-corrected chi connectivity index (χ0v) is 13.0. The standard InChI is InChI=1S/C17H21N3O3/c1-20-11-5-8-14(20)15(21)12-19-17(23)16(22)18-10-9-13-6-3-2-4-7-13/h2-8,11,15,21H,9-10,12H2,1H3,(H,18,22)(H,19,23). The number of nitrogens with zero attached hydrogens (tertiary/aromatic N) is 1. The van der Waals surface area contributed by atoms with Gasteiger partial charge in [0.1, 0.15) is 6.10 Å². The van der Waals surface area contributed by atoms with Gasteiger partial charge in [0.25, 0.3) is 0 Å². The maximum Gasteiger partial charge on any atom is 0.309 e. The minimum absolute atomic E-state index is 0.0111. The summed E-state index contributed by atoms with van der Waals surface area (Å²) in [5.41, 5.74) is 1.77. The maximum absolute atomic E-state index is 11.7. The van der Waals surface area contributed by atoms with Gasteiger partial charge in [-0.05, 0) is 24.1 Å². The van der Waals surface area contributed by atoms with Gasteiger partial charge in [-0.2, -0.15) is 0 Å². The Morgan fingerprint density at radius 2 is 1.78 bits per heavy atom. The van der Waals surface area contributed by atoms with Crippen LogP contribution in [0.25, 0.3) is 0 Å². The van der Waals surface area contributed by atoms with Crippen molar-refractivity contribution in [1.82, 2.24) is 15.2 Å². The van der Waals surface area contributed by atoms with Crippen molar-refractivity contribution >= 4 is 11.8 Å². The van der Waals surface area contributed by atoms with E-state index < -0.39 is 17.9 Å². The molecule has 1 heterocycles. The molecule has 0 aliphatic heterocycles. The molecule has 0 bridgehead atoms. The van der Waals surface area contributed by atoms with Crippen molar-refractivity contribution in [2.24, 2.45) is 7.05 Å². The van der Waals surface area contributed by atoms with Gasteiger partial charge in [0.05, 0.1) is 0 Å². The highest BCUT2D eigenvalue weighted by Crippen LogP contribution is 2.11. The Morgan fingerprint density at radius 3 is 2.43 bits per heavy atom. The summed E-state index contributed by atoms with van der Waals surface area (Å²) in [5, 5.41) is 15.0. The molecular weight excluding hydrogens is 294 g/mol. The highest BCUT2D eigenvalue weighted by Gasteiger charge is 2.16. The zero-order valence-electron chi connectivity index (χ0n) is 13.0. The lowest BCUT2D eigenvalue weighted by atomic mass is 10.1. The number of nitrogens with one attached hydrogen (secondary N) is 2. The smallest absolute Gasteiger partial charge is 0.309 e. The number of carbonyl (C=O) groups excluding carboxylic acids is 2. The first-order valence-corrected chi connectivity index (χ1v) is 7.47. The van der Waals surface area contributed by atoms with E-state index in [1.165, 1.54) is 0 Å². The molecule has 1 unspecified atom stereocenters. The van der Waals surface area contributed by atoms with Crippen molar-refractivity contribution in [3.8, 4) is 0 Å². The summed E-state index contributed by atoms with van der Waals surface area (Å²) in [6.07, 6.45) is 1.61. The van der Waals surface area contributed by atoms with Crippen LogP contribution >= 0.6 is 0 Å². The summed E-state index contributed by atoms with van der Waals surface area (Å²) in [7, 11) is 1.80. The molecule has 0 saturated carbocycles. The van der Waals surface area contributed by atoms with Gasteiger partial charge in [-0.3, -0.25) is 9.59 Å². The molecule has 6 heteroatoms. The molecule has 1 aromatic heterocycles. The summed E-state index contributed by atoms with van der Waals surface area (Å²) in [6.45, 7) is 0.374. The van der Waals surface area contributed by atoms with Crippen molar-refractivity contribution in [1.29, 1.82) is 0 Å². The largest absolute Gasteiger partial charge is 0.385 e. The molecule has 0 aliphatic carbocycles. The quantitative estimate of drug-likeness (QED) is 0.680. The van der Waals surface area contributed by atoms with Gasteiger partial charge in [0.2, 0.25) is 0 Å².